The molecule has 0 bridgehead atoms. The van der Waals surface area contributed by atoms with Crippen LogP contribution in [0.15, 0.2) is 24.3 Å². The van der Waals surface area contributed by atoms with Crippen LogP contribution in [0, 0.1) is 0 Å². The van der Waals surface area contributed by atoms with Gasteiger partial charge in [0.1, 0.15) is 19.3 Å². The zero-order valence-electron chi connectivity index (χ0n) is 34.8. The van der Waals surface area contributed by atoms with Crippen molar-refractivity contribution in [2.75, 3.05) is 13.2 Å². The highest BCUT2D eigenvalue weighted by atomic mass is 16.6. The largest absolute Gasteiger partial charge is 0.463 e. The Hall–Kier alpha value is -1.62. The highest BCUT2D eigenvalue weighted by Gasteiger charge is 2.12. The van der Waals surface area contributed by atoms with Gasteiger partial charge in [-0.25, -0.2) is 0 Å². The van der Waals surface area contributed by atoms with E-state index in [4.69, 9.17) is 9.47 Å². The molecule has 0 spiro atoms. The van der Waals surface area contributed by atoms with Crippen LogP contribution in [0.2, 0.25) is 0 Å². The molecule has 0 heterocycles. The molecule has 0 aromatic rings. The SMILES string of the molecule is CCCCC/C=C\C/C=C\CCCCCCCCCCCC(=O)OC[C@H](O)COC(=O)CCCCCCCCCCCCCCCCCCCCC. The standard InChI is InChI=1S/C47H88O5/c1-3-5-7-9-11-13-15-17-19-21-23-25-27-29-31-33-35-37-39-41-46(49)51-43-45(48)44-52-47(50)42-40-38-36-34-32-30-28-26-24-22-20-18-16-14-12-10-8-6-4-2/h11,13,17,19,45,48H,3-10,12,14-16,18,20-44H2,1-2H3/b13-11-,19-17-/t45-/m0/s1. The van der Waals surface area contributed by atoms with Gasteiger partial charge in [0.25, 0.3) is 0 Å². The van der Waals surface area contributed by atoms with Gasteiger partial charge in [0.15, 0.2) is 0 Å². The van der Waals surface area contributed by atoms with E-state index in [-0.39, 0.29) is 25.2 Å². The minimum atomic E-state index is -0.962. The number of hydrogen-bond acceptors (Lipinski definition) is 5. The summed E-state index contributed by atoms with van der Waals surface area (Å²) in [4.78, 5) is 24.0. The van der Waals surface area contributed by atoms with Crippen molar-refractivity contribution < 1.29 is 24.2 Å². The summed E-state index contributed by atoms with van der Waals surface area (Å²) in [6.45, 7) is 4.31. The van der Waals surface area contributed by atoms with E-state index in [1.165, 1.54) is 180 Å². The van der Waals surface area contributed by atoms with Crippen LogP contribution >= 0.6 is 0 Å². The highest BCUT2D eigenvalue weighted by molar-refractivity contribution is 5.69. The van der Waals surface area contributed by atoms with Crippen molar-refractivity contribution in [3.05, 3.63) is 24.3 Å². The van der Waals surface area contributed by atoms with E-state index in [1.54, 1.807) is 0 Å². The predicted molar refractivity (Wildman–Crippen MR) is 224 cm³/mol. The molecule has 1 N–H and O–H groups in total. The minimum absolute atomic E-state index is 0.112. The van der Waals surface area contributed by atoms with Gasteiger partial charge in [-0.2, -0.15) is 0 Å². The maximum atomic E-state index is 12.0. The number of ether oxygens (including phenoxy) is 2. The van der Waals surface area contributed by atoms with E-state index in [9.17, 15) is 14.7 Å². The number of esters is 2. The number of aliphatic hydroxyl groups is 1. The fraction of sp³-hybridized carbons (Fsp3) is 0.872. The first-order valence-corrected chi connectivity index (χ1v) is 22.9. The molecular formula is C47H88O5. The lowest BCUT2D eigenvalue weighted by molar-refractivity contribution is -0.152. The van der Waals surface area contributed by atoms with E-state index in [2.05, 4.69) is 38.2 Å². The molecule has 0 unspecified atom stereocenters. The lowest BCUT2D eigenvalue weighted by Crippen LogP contribution is -2.25. The van der Waals surface area contributed by atoms with Crippen LogP contribution in [0.4, 0.5) is 0 Å². The Bertz CT molecular complexity index is 791. The molecule has 0 saturated heterocycles. The monoisotopic (exact) mass is 733 g/mol. The number of hydrogen-bond donors (Lipinski definition) is 1. The molecule has 1 atom stereocenters. The average Bonchev–Trinajstić information content (AvgIpc) is 3.15. The number of aliphatic hydroxyl groups excluding tert-OH is 1. The molecule has 0 aromatic heterocycles. The number of carbonyl (C=O) groups excluding carboxylic acids is 2. The van der Waals surface area contributed by atoms with Gasteiger partial charge in [-0.1, -0.05) is 212 Å². The number of carbonyl (C=O) groups is 2. The number of unbranched alkanes of at least 4 members (excludes halogenated alkanes) is 30. The highest BCUT2D eigenvalue weighted by Crippen LogP contribution is 2.16. The van der Waals surface area contributed by atoms with Gasteiger partial charge in [-0.15, -0.1) is 0 Å². The minimum Gasteiger partial charge on any atom is -0.463 e. The molecule has 0 aliphatic carbocycles. The molecule has 0 aromatic carbocycles. The first-order chi connectivity index (χ1) is 25.6. The van der Waals surface area contributed by atoms with Crippen LogP contribution < -0.4 is 0 Å². The molecular weight excluding hydrogens is 645 g/mol. The summed E-state index contributed by atoms with van der Waals surface area (Å²) in [5.41, 5.74) is 0. The maximum Gasteiger partial charge on any atom is 0.305 e. The van der Waals surface area contributed by atoms with Gasteiger partial charge in [0, 0.05) is 12.8 Å². The third-order valence-electron chi connectivity index (χ3n) is 10.2. The molecule has 0 aliphatic heterocycles. The van der Waals surface area contributed by atoms with Gasteiger partial charge in [0.2, 0.25) is 0 Å². The molecule has 0 rings (SSSR count). The number of allylic oxidation sites excluding steroid dienone is 4. The summed E-state index contributed by atoms with van der Waals surface area (Å²) in [5.74, 6) is -0.557. The molecule has 0 amide bonds. The Morgan fingerprint density at radius 1 is 0.404 bits per heavy atom. The zero-order chi connectivity index (χ0) is 37.8. The Morgan fingerprint density at radius 3 is 1.02 bits per heavy atom. The van der Waals surface area contributed by atoms with E-state index in [0.717, 1.165) is 38.5 Å². The summed E-state index contributed by atoms with van der Waals surface area (Å²) < 4.78 is 10.4. The lowest BCUT2D eigenvalue weighted by atomic mass is 10.0. The predicted octanol–water partition coefficient (Wildman–Crippen LogP) is 14.6. The summed E-state index contributed by atoms with van der Waals surface area (Å²) in [6, 6.07) is 0. The van der Waals surface area contributed by atoms with Crippen molar-refractivity contribution in [1.82, 2.24) is 0 Å². The topological polar surface area (TPSA) is 72.8 Å². The van der Waals surface area contributed by atoms with Gasteiger partial charge in [-0.05, 0) is 44.9 Å². The summed E-state index contributed by atoms with van der Waals surface area (Å²) in [7, 11) is 0. The smallest absolute Gasteiger partial charge is 0.305 e. The van der Waals surface area contributed by atoms with Crippen LogP contribution in [0.25, 0.3) is 0 Å². The third kappa shape index (κ3) is 42.8. The summed E-state index contributed by atoms with van der Waals surface area (Å²) in [6.07, 6.45) is 52.4. The molecule has 5 nitrogen and oxygen atoms in total. The van der Waals surface area contributed by atoms with Crippen molar-refractivity contribution in [2.45, 2.75) is 251 Å². The van der Waals surface area contributed by atoms with E-state index in [0.29, 0.717) is 12.8 Å². The second kappa shape index (κ2) is 43.8. The van der Waals surface area contributed by atoms with Crippen molar-refractivity contribution >= 4 is 11.9 Å². The van der Waals surface area contributed by atoms with Crippen LogP contribution in [0.5, 0.6) is 0 Å². The Kier molecular flexibility index (Phi) is 42.4. The van der Waals surface area contributed by atoms with Crippen molar-refractivity contribution in [2.24, 2.45) is 0 Å². The molecule has 0 radical (unpaired) electrons. The van der Waals surface area contributed by atoms with Crippen molar-refractivity contribution in [1.29, 1.82) is 0 Å². The Labute approximate surface area is 323 Å². The first kappa shape index (κ1) is 50.4. The Morgan fingerprint density at radius 2 is 0.673 bits per heavy atom. The molecule has 0 fully saturated rings. The summed E-state index contributed by atoms with van der Waals surface area (Å²) >= 11 is 0. The lowest BCUT2D eigenvalue weighted by Gasteiger charge is -2.12. The molecule has 0 aliphatic rings. The van der Waals surface area contributed by atoms with Crippen LogP contribution in [-0.4, -0.2) is 36.4 Å². The summed E-state index contributed by atoms with van der Waals surface area (Å²) in [5, 5.41) is 10.1. The van der Waals surface area contributed by atoms with Crippen LogP contribution in [0.1, 0.15) is 245 Å². The van der Waals surface area contributed by atoms with Crippen molar-refractivity contribution in [3.8, 4) is 0 Å². The molecule has 306 valence electrons. The third-order valence-corrected chi connectivity index (χ3v) is 10.2. The molecule has 5 heteroatoms. The van der Waals surface area contributed by atoms with E-state index >= 15 is 0 Å². The van der Waals surface area contributed by atoms with E-state index in [1.807, 2.05) is 0 Å². The Balaban J connectivity index is 3.39. The van der Waals surface area contributed by atoms with Crippen molar-refractivity contribution in [3.63, 3.8) is 0 Å². The fourth-order valence-electron chi connectivity index (χ4n) is 6.71. The normalized spacial score (nSPS) is 12.3. The molecule has 52 heavy (non-hydrogen) atoms. The first-order valence-electron chi connectivity index (χ1n) is 22.9. The maximum absolute atomic E-state index is 12.0. The van der Waals surface area contributed by atoms with Gasteiger partial charge >= 0.3 is 11.9 Å². The second-order valence-electron chi connectivity index (χ2n) is 15.5. The fourth-order valence-corrected chi connectivity index (χ4v) is 6.71. The quantitative estimate of drug-likeness (QED) is 0.0384. The average molecular weight is 733 g/mol. The van der Waals surface area contributed by atoms with Crippen LogP contribution in [-0.2, 0) is 19.1 Å². The van der Waals surface area contributed by atoms with Crippen LogP contribution in [0.3, 0.4) is 0 Å². The number of rotatable bonds is 42. The molecule has 0 saturated carbocycles. The van der Waals surface area contributed by atoms with E-state index < -0.39 is 6.10 Å². The second-order valence-corrected chi connectivity index (χ2v) is 15.5. The van der Waals surface area contributed by atoms with Gasteiger partial charge < -0.3 is 14.6 Å². The van der Waals surface area contributed by atoms with Gasteiger partial charge in [0.05, 0.1) is 0 Å². The van der Waals surface area contributed by atoms with Gasteiger partial charge in [-0.3, -0.25) is 9.59 Å². The zero-order valence-corrected chi connectivity index (χ0v) is 34.8.